The normalized spacial score (nSPS) is 16.0. The smallest absolute Gasteiger partial charge is 0.249 e. The van der Waals surface area contributed by atoms with Gasteiger partial charge >= 0.3 is 0 Å². The fraction of sp³-hybridized carbons (Fsp3) is 0.448. The molecule has 1 aliphatic heterocycles. The third-order valence-corrected chi connectivity index (χ3v) is 8.85. The number of alkyl halides is 1. The van der Waals surface area contributed by atoms with Gasteiger partial charge in [0, 0.05) is 49.5 Å². The van der Waals surface area contributed by atoms with E-state index in [9.17, 15) is 23.2 Å². The number of anilines is 1. The van der Waals surface area contributed by atoms with E-state index in [1.807, 2.05) is 14.1 Å². The van der Waals surface area contributed by atoms with E-state index in [4.69, 9.17) is 4.74 Å². The van der Waals surface area contributed by atoms with Gasteiger partial charge in [-0.15, -0.1) is 11.8 Å². The summed E-state index contributed by atoms with van der Waals surface area (Å²) in [5.41, 5.74) is 2.52. The summed E-state index contributed by atoms with van der Waals surface area (Å²) in [6, 6.07) is 6.60. The van der Waals surface area contributed by atoms with Crippen molar-refractivity contribution in [2.24, 2.45) is 5.41 Å². The van der Waals surface area contributed by atoms with Gasteiger partial charge in [0.15, 0.2) is 0 Å². The fourth-order valence-corrected chi connectivity index (χ4v) is 6.35. The molecule has 1 aromatic heterocycles. The van der Waals surface area contributed by atoms with Crippen molar-refractivity contribution in [1.82, 2.24) is 15.4 Å². The molecule has 41 heavy (non-hydrogen) atoms. The molecule has 2 aromatic carbocycles. The average Bonchev–Trinajstić information content (AvgIpc) is 2.96. The molecule has 1 saturated heterocycles. The van der Waals surface area contributed by atoms with Crippen molar-refractivity contribution >= 4 is 34.3 Å². The third-order valence-electron chi connectivity index (χ3n) is 7.78. The molecule has 4 rings (SSSR count). The largest absolute Gasteiger partial charge is 0.497 e. The lowest BCUT2D eigenvalue weighted by molar-refractivity contribution is -0.143. The van der Waals surface area contributed by atoms with Gasteiger partial charge in [0.2, 0.25) is 5.91 Å². The van der Waals surface area contributed by atoms with Gasteiger partial charge in [-0.2, -0.15) is 0 Å². The minimum absolute atomic E-state index is 0.0452. The molecule has 222 valence electrons. The van der Waals surface area contributed by atoms with E-state index < -0.39 is 34.9 Å². The number of carbonyl (C=O) groups is 1. The van der Waals surface area contributed by atoms with E-state index in [1.54, 1.807) is 41.9 Å². The molecule has 0 saturated carbocycles. The molecule has 1 unspecified atom stereocenters. The number of hydrogen-bond donors (Lipinski definition) is 2. The molecule has 2 heterocycles. The van der Waals surface area contributed by atoms with Crippen LogP contribution in [0.15, 0.2) is 41.4 Å². The number of fused-ring (bicyclic) bond motifs is 1. The van der Waals surface area contributed by atoms with E-state index in [0.29, 0.717) is 78.3 Å². The van der Waals surface area contributed by atoms with Crippen LogP contribution in [0.5, 0.6) is 5.75 Å². The number of ether oxygens (including phenoxy) is 1. The van der Waals surface area contributed by atoms with Gasteiger partial charge in [0.05, 0.1) is 34.8 Å². The average molecular weight is 595 g/mol. The van der Waals surface area contributed by atoms with Crippen LogP contribution in [0.3, 0.4) is 0 Å². The molecule has 0 aliphatic carbocycles. The molecule has 1 amide bonds. The Bertz CT molecular complexity index is 1360. The van der Waals surface area contributed by atoms with Gasteiger partial charge in [-0.1, -0.05) is 0 Å². The van der Waals surface area contributed by atoms with Gasteiger partial charge in [0.1, 0.15) is 29.4 Å². The Labute approximate surface area is 240 Å². The zero-order valence-corrected chi connectivity index (χ0v) is 24.0. The van der Waals surface area contributed by atoms with Crippen LogP contribution in [0, 0.1) is 22.9 Å². The molecule has 2 N–H and O–H groups in total. The van der Waals surface area contributed by atoms with E-state index in [-0.39, 0.29) is 17.7 Å². The van der Waals surface area contributed by atoms with Crippen LogP contribution in [0.25, 0.3) is 10.9 Å². The standard InChI is InChI=1S/C29H34F4N4O3S/c1-36(2)25-17-34-24-5-4-19(40-3)16-20(24)26(25)21(31)6-7-29(28(38)35-39)8-10-37(11-9-29)12-13-41-27-22(32)14-18(30)15-23(27)33/h4-5,14-17,21,39H,6-13H2,1-3H3,(H,35,38). The van der Waals surface area contributed by atoms with E-state index in [1.165, 1.54) is 0 Å². The number of amides is 1. The summed E-state index contributed by atoms with van der Waals surface area (Å²) in [5.74, 6) is -2.47. The second kappa shape index (κ2) is 13.3. The number of methoxy groups -OCH3 is 1. The summed E-state index contributed by atoms with van der Waals surface area (Å²) in [4.78, 5) is 20.9. The van der Waals surface area contributed by atoms with Crippen molar-refractivity contribution < 1.29 is 32.3 Å². The number of pyridine rings is 1. The minimum Gasteiger partial charge on any atom is -0.497 e. The van der Waals surface area contributed by atoms with Gasteiger partial charge in [-0.25, -0.2) is 23.0 Å². The Morgan fingerprint density at radius 2 is 1.88 bits per heavy atom. The Balaban J connectivity index is 1.44. The Kier molecular flexibility index (Phi) is 9.98. The number of hydrogen-bond acceptors (Lipinski definition) is 7. The lowest BCUT2D eigenvalue weighted by atomic mass is 9.73. The molecule has 12 heteroatoms. The number of rotatable bonds is 11. The topological polar surface area (TPSA) is 77.9 Å². The Morgan fingerprint density at radius 1 is 1.20 bits per heavy atom. The zero-order valence-electron chi connectivity index (χ0n) is 23.2. The number of aromatic nitrogens is 1. The molecule has 7 nitrogen and oxygen atoms in total. The molecular weight excluding hydrogens is 560 g/mol. The van der Waals surface area contributed by atoms with Crippen LogP contribution in [-0.4, -0.2) is 67.6 Å². The summed E-state index contributed by atoms with van der Waals surface area (Å²) in [5, 5.41) is 10.1. The number of piperidine rings is 1. The molecule has 1 fully saturated rings. The first-order valence-electron chi connectivity index (χ1n) is 13.3. The fourth-order valence-electron chi connectivity index (χ4n) is 5.40. The minimum atomic E-state index is -1.41. The SMILES string of the molecule is COc1ccc2ncc(N(C)C)c(C(F)CCC3(C(=O)NO)CCN(CCSc4c(F)cc(F)cc4F)CC3)c2c1. The van der Waals surface area contributed by atoms with E-state index >= 15 is 4.39 Å². The van der Waals surface area contributed by atoms with Crippen molar-refractivity contribution in [3.63, 3.8) is 0 Å². The van der Waals surface area contributed by atoms with Crippen LogP contribution < -0.4 is 15.1 Å². The highest BCUT2D eigenvalue weighted by atomic mass is 32.2. The van der Waals surface area contributed by atoms with Gasteiger partial charge in [-0.05, 0) is 57.0 Å². The highest BCUT2D eigenvalue weighted by molar-refractivity contribution is 7.99. The van der Waals surface area contributed by atoms with Crippen LogP contribution >= 0.6 is 11.8 Å². The predicted molar refractivity (Wildman–Crippen MR) is 151 cm³/mol. The maximum Gasteiger partial charge on any atom is 0.249 e. The highest BCUT2D eigenvalue weighted by Crippen LogP contribution is 2.43. The van der Waals surface area contributed by atoms with Crippen LogP contribution in [0.2, 0.25) is 0 Å². The Hall–Kier alpha value is -3.09. The molecule has 0 bridgehead atoms. The molecule has 1 aliphatic rings. The molecule has 0 radical (unpaired) electrons. The van der Waals surface area contributed by atoms with Crippen molar-refractivity contribution in [1.29, 1.82) is 0 Å². The number of hydroxylamine groups is 1. The lowest BCUT2D eigenvalue weighted by Crippen LogP contribution is -2.48. The number of halogens is 4. The molecule has 1 atom stereocenters. The van der Waals surface area contributed by atoms with E-state index in [2.05, 4.69) is 9.88 Å². The van der Waals surface area contributed by atoms with Crippen LogP contribution in [0.4, 0.5) is 23.2 Å². The second-order valence-corrected chi connectivity index (χ2v) is 11.6. The highest BCUT2D eigenvalue weighted by Gasteiger charge is 2.41. The van der Waals surface area contributed by atoms with Crippen LogP contribution in [-0.2, 0) is 4.79 Å². The van der Waals surface area contributed by atoms with E-state index in [0.717, 1.165) is 11.8 Å². The first-order chi connectivity index (χ1) is 19.6. The lowest BCUT2D eigenvalue weighted by Gasteiger charge is -2.40. The monoisotopic (exact) mass is 594 g/mol. The van der Waals surface area contributed by atoms with Crippen molar-refractivity contribution in [3.05, 3.63) is 59.5 Å². The summed E-state index contributed by atoms with van der Waals surface area (Å²) < 4.78 is 62.5. The molecular formula is C29H34F4N4O3S. The number of nitrogens with one attached hydrogen (secondary N) is 1. The molecule has 3 aromatic rings. The maximum atomic E-state index is 16.1. The summed E-state index contributed by atoms with van der Waals surface area (Å²) in [6.45, 7) is 1.45. The summed E-state index contributed by atoms with van der Waals surface area (Å²) in [6.07, 6.45) is 1.22. The Morgan fingerprint density at radius 3 is 2.49 bits per heavy atom. The van der Waals surface area contributed by atoms with Crippen LogP contribution in [0.1, 0.15) is 37.4 Å². The summed E-state index contributed by atoms with van der Waals surface area (Å²) >= 11 is 0.960. The third kappa shape index (κ3) is 6.87. The quantitative estimate of drug-likeness (QED) is 0.124. The number of nitrogens with zero attached hydrogens (tertiary/aromatic N) is 3. The van der Waals surface area contributed by atoms with Gasteiger partial charge in [-0.3, -0.25) is 15.0 Å². The first kappa shape index (κ1) is 30.9. The van der Waals surface area contributed by atoms with Gasteiger partial charge < -0.3 is 14.5 Å². The number of benzene rings is 2. The maximum absolute atomic E-state index is 16.1. The van der Waals surface area contributed by atoms with Crippen molar-refractivity contribution in [3.8, 4) is 5.75 Å². The molecule has 0 spiro atoms. The number of likely N-dealkylation sites (tertiary alicyclic amines) is 1. The predicted octanol–water partition coefficient (Wildman–Crippen LogP) is 5.90. The number of thioether (sulfide) groups is 1. The van der Waals surface area contributed by atoms with Crippen molar-refractivity contribution in [2.75, 3.05) is 51.5 Å². The zero-order chi connectivity index (χ0) is 29.7. The first-order valence-corrected chi connectivity index (χ1v) is 14.3. The second-order valence-electron chi connectivity index (χ2n) is 10.5. The number of carbonyl (C=O) groups excluding carboxylic acids is 1. The summed E-state index contributed by atoms with van der Waals surface area (Å²) in [7, 11) is 5.16. The van der Waals surface area contributed by atoms with Gasteiger partial charge in [0.25, 0.3) is 0 Å². The van der Waals surface area contributed by atoms with Crippen molar-refractivity contribution in [2.45, 2.75) is 36.8 Å².